The van der Waals surface area contributed by atoms with Gasteiger partial charge in [-0.2, -0.15) is 0 Å². The van der Waals surface area contributed by atoms with E-state index in [9.17, 15) is 0 Å². The average Bonchev–Trinajstić information content (AvgIpc) is 3.19. The zero-order valence-corrected chi connectivity index (χ0v) is 9.81. The Labute approximate surface area is 98.0 Å². The molecule has 86 valence electrons. The van der Waals surface area contributed by atoms with Gasteiger partial charge in [0.2, 0.25) is 0 Å². The minimum absolute atomic E-state index is 0.450. The smallest absolute Gasteiger partial charge is 0.00733 e. The summed E-state index contributed by atoms with van der Waals surface area (Å²) in [7, 11) is 0. The van der Waals surface area contributed by atoms with E-state index >= 15 is 0 Å². The molecule has 0 heterocycles. The summed E-state index contributed by atoms with van der Waals surface area (Å²) in [4.78, 5) is 0. The van der Waals surface area contributed by atoms with Crippen molar-refractivity contribution < 1.29 is 0 Å². The Bertz CT molecular complexity index is 342. The fraction of sp³-hybridized carbons (Fsp3) is 0.600. The van der Waals surface area contributed by atoms with Crippen LogP contribution < -0.4 is 5.73 Å². The molecule has 0 aromatic heterocycles. The minimum atomic E-state index is 0.450. The van der Waals surface area contributed by atoms with Crippen LogP contribution in [0, 0.1) is 11.8 Å². The highest BCUT2D eigenvalue weighted by atomic mass is 14.7. The highest BCUT2D eigenvalue weighted by Crippen LogP contribution is 2.50. The second kappa shape index (κ2) is 4.21. The first-order chi connectivity index (χ1) is 7.84. The first kappa shape index (κ1) is 10.3. The molecule has 1 heteroatoms. The molecule has 3 atom stereocenters. The Morgan fingerprint density at radius 2 is 1.94 bits per heavy atom. The van der Waals surface area contributed by atoms with E-state index in [0.717, 1.165) is 17.8 Å². The van der Waals surface area contributed by atoms with Crippen LogP contribution in [0.1, 0.15) is 43.6 Å². The third kappa shape index (κ3) is 2.30. The molecular weight excluding hydrogens is 194 g/mol. The summed E-state index contributed by atoms with van der Waals surface area (Å²) in [6.45, 7) is 0. The van der Waals surface area contributed by atoms with Crippen LogP contribution in [0.3, 0.4) is 0 Å². The van der Waals surface area contributed by atoms with Crippen molar-refractivity contribution in [1.82, 2.24) is 0 Å². The third-order valence-corrected chi connectivity index (χ3v) is 4.22. The van der Waals surface area contributed by atoms with E-state index in [1.165, 1.54) is 37.7 Å². The molecule has 16 heavy (non-hydrogen) atoms. The molecular formula is C15H21N. The van der Waals surface area contributed by atoms with E-state index in [-0.39, 0.29) is 0 Å². The Balaban J connectivity index is 1.50. The summed E-state index contributed by atoms with van der Waals surface area (Å²) in [5, 5.41) is 0. The number of nitrogens with two attached hydrogens (primary N) is 1. The monoisotopic (exact) mass is 215 g/mol. The van der Waals surface area contributed by atoms with Crippen LogP contribution in [-0.4, -0.2) is 6.04 Å². The zero-order chi connectivity index (χ0) is 11.0. The molecule has 1 aromatic carbocycles. The SMILES string of the molecule is NC(CCC1CC1)C1CC1c1ccccc1. The number of benzene rings is 1. The molecule has 0 radical (unpaired) electrons. The van der Waals surface area contributed by atoms with Gasteiger partial charge in [0.05, 0.1) is 0 Å². The van der Waals surface area contributed by atoms with Crippen molar-refractivity contribution in [3.63, 3.8) is 0 Å². The lowest BCUT2D eigenvalue weighted by Gasteiger charge is -2.10. The average molecular weight is 215 g/mol. The normalized spacial score (nSPS) is 30.1. The van der Waals surface area contributed by atoms with Crippen LogP contribution >= 0.6 is 0 Å². The molecule has 0 spiro atoms. The molecule has 1 aromatic rings. The van der Waals surface area contributed by atoms with E-state index in [2.05, 4.69) is 30.3 Å². The van der Waals surface area contributed by atoms with Crippen LogP contribution in [0.4, 0.5) is 0 Å². The maximum atomic E-state index is 6.28. The van der Waals surface area contributed by atoms with Crippen molar-refractivity contribution in [3.8, 4) is 0 Å². The van der Waals surface area contributed by atoms with Crippen molar-refractivity contribution in [2.24, 2.45) is 17.6 Å². The molecule has 2 aliphatic rings. The summed E-state index contributed by atoms with van der Waals surface area (Å²) >= 11 is 0. The molecule has 3 unspecified atom stereocenters. The summed E-state index contributed by atoms with van der Waals surface area (Å²) in [5.41, 5.74) is 7.78. The molecule has 2 N–H and O–H groups in total. The second-order valence-electron chi connectivity index (χ2n) is 5.60. The molecule has 0 aliphatic heterocycles. The topological polar surface area (TPSA) is 26.0 Å². The first-order valence-corrected chi connectivity index (χ1v) is 6.65. The minimum Gasteiger partial charge on any atom is -0.327 e. The van der Waals surface area contributed by atoms with Gasteiger partial charge in [-0.1, -0.05) is 43.2 Å². The summed E-state index contributed by atoms with van der Waals surface area (Å²) in [5.74, 6) is 2.55. The van der Waals surface area contributed by atoms with Crippen LogP contribution in [0.15, 0.2) is 30.3 Å². The molecule has 0 saturated heterocycles. The predicted octanol–water partition coefficient (Wildman–Crippen LogP) is 3.31. The lowest BCUT2D eigenvalue weighted by Crippen LogP contribution is -2.23. The van der Waals surface area contributed by atoms with Crippen molar-refractivity contribution >= 4 is 0 Å². The molecule has 0 amide bonds. The Morgan fingerprint density at radius 1 is 1.19 bits per heavy atom. The van der Waals surface area contributed by atoms with E-state index in [0.29, 0.717) is 6.04 Å². The lowest BCUT2D eigenvalue weighted by atomic mass is 10.0. The van der Waals surface area contributed by atoms with E-state index in [1.54, 1.807) is 0 Å². The van der Waals surface area contributed by atoms with Crippen molar-refractivity contribution in [1.29, 1.82) is 0 Å². The van der Waals surface area contributed by atoms with Crippen LogP contribution in [0.25, 0.3) is 0 Å². The maximum absolute atomic E-state index is 6.28. The number of hydrogen-bond donors (Lipinski definition) is 1. The number of hydrogen-bond acceptors (Lipinski definition) is 1. The Hall–Kier alpha value is -0.820. The van der Waals surface area contributed by atoms with Gasteiger partial charge in [0.15, 0.2) is 0 Å². The van der Waals surface area contributed by atoms with Crippen molar-refractivity contribution in [3.05, 3.63) is 35.9 Å². The molecule has 2 aliphatic carbocycles. The molecule has 1 nitrogen and oxygen atoms in total. The van der Waals surface area contributed by atoms with Gasteiger partial charge in [-0.3, -0.25) is 0 Å². The van der Waals surface area contributed by atoms with Crippen LogP contribution in [-0.2, 0) is 0 Å². The predicted molar refractivity (Wildman–Crippen MR) is 67.2 cm³/mol. The fourth-order valence-electron chi connectivity index (χ4n) is 2.82. The largest absolute Gasteiger partial charge is 0.327 e. The van der Waals surface area contributed by atoms with Crippen LogP contribution in [0.2, 0.25) is 0 Å². The summed E-state index contributed by atoms with van der Waals surface area (Å²) in [6.07, 6.45) is 6.85. The van der Waals surface area contributed by atoms with Gasteiger partial charge in [-0.05, 0) is 42.6 Å². The Morgan fingerprint density at radius 3 is 2.62 bits per heavy atom. The van der Waals surface area contributed by atoms with Crippen molar-refractivity contribution in [2.75, 3.05) is 0 Å². The first-order valence-electron chi connectivity index (χ1n) is 6.65. The molecule has 3 rings (SSSR count). The highest BCUT2D eigenvalue weighted by molar-refractivity contribution is 5.26. The van der Waals surface area contributed by atoms with Gasteiger partial charge < -0.3 is 5.73 Å². The van der Waals surface area contributed by atoms with Gasteiger partial charge in [-0.25, -0.2) is 0 Å². The lowest BCUT2D eigenvalue weighted by molar-refractivity contribution is 0.500. The molecule has 2 saturated carbocycles. The van der Waals surface area contributed by atoms with E-state index in [1.807, 2.05) is 0 Å². The highest BCUT2D eigenvalue weighted by Gasteiger charge is 2.42. The van der Waals surface area contributed by atoms with Gasteiger partial charge in [0.25, 0.3) is 0 Å². The van der Waals surface area contributed by atoms with Crippen molar-refractivity contribution in [2.45, 2.75) is 44.1 Å². The fourth-order valence-corrected chi connectivity index (χ4v) is 2.82. The Kier molecular flexibility index (Phi) is 2.72. The molecule has 2 fully saturated rings. The van der Waals surface area contributed by atoms with Crippen LogP contribution in [0.5, 0.6) is 0 Å². The van der Waals surface area contributed by atoms with Gasteiger partial charge in [0, 0.05) is 6.04 Å². The zero-order valence-electron chi connectivity index (χ0n) is 9.81. The van der Waals surface area contributed by atoms with Gasteiger partial charge in [-0.15, -0.1) is 0 Å². The number of rotatable bonds is 5. The summed E-state index contributed by atoms with van der Waals surface area (Å²) in [6, 6.07) is 11.3. The summed E-state index contributed by atoms with van der Waals surface area (Å²) < 4.78 is 0. The standard InChI is InChI=1S/C15H21N/c16-15(9-8-11-6-7-11)14-10-13(14)12-4-2-1-3-5-12/h1-5,11,13-15H,6-10,16H2. The molecule has 0 bridgehead atoms. The third-order valence-electron chi connectivity index (χ3n) is 4.22. The quantitative estimate of drug-likeness (QED) is 0.801. The second-order valence-corrected chi connectivity index (χ2v) is 5.60. The van der Waals surface area contributed by atoms with E-state index in [4.69, 9.17) is 5.73 Å². The van der Waals surface area contributed by atoms with E-state index < -0.39 is 0 Å². The van der Waals surface area contributed by atoms with Gasteiger partial charge >= 0.3 is 0 Å². The van der Waals surface area contributed by atoms with Gasteiger partial charge in [0.1, 0.15) is 0 Å². The maximum Gasteiger partial charge on any atom is 0.00733 e.